The summed E-state index contributed by atoms with van der Waals surface area (Å²) in [5, 5.41) is 2.91. The molecular formula is C23H25FN2O2S. The van der Waals surface area contributed by atoms with Gasteiger partial charge in [-0.25, -0.2) is 9.37 Å². The molecule has 0 aliphatic heterocycles. The van der Waals surface area contributed by atoms with Crippen molar-refractivity contribution >= 4 is 22.9 Å². The molecule has 29 heavy (non-hydrogen) atoms. The molecule has 0 aliphatic rings. The number of hydrogen-bond acceptors (Lipinski definition) is 4. The highest BCUT2D eigenvalue weighted by Crippen LogP contribution is 2.21. The summed E-state index contributed by atoms with van der Waals surface area (Å²) in [6.45, 7) is 4.92. The molecule has 0 N–H and O–H groups in total. The first kappa shape index (κ1) is 21.0. The van der Waals surface area contributed by atoms with Crippen LogP contribution in [0.4, 0.5) is 10.1 Å². The Morgan fingerprint density at radius 2 is 1.93 bits per heavy atom. The van der Waals surface area contributed by atoms with Crippen molar-refractivity contribution in [2.24, 2.45) is 0 Å². The third-order valence-electron chi connectivity index (χ3n) is 4.47. The maximum Gasteiger partial charge on any atom is 0.227 e. The van der Waals surface area contributed by atoms with E-state index in [4.69, 9.17) is 4.74 Å². The zero-order valence-electron chi connectivity index (χ0n) is 16.7. The van der Waals surface area contributed by atoms with Crippen molar-refractivity contribution in [2.75, 3.05) is 11.5 Å². The summed E-state index contributed by atoms with van der Waals surface area (Å²) in [5.41, 5.74) is 2.68. The second-order valence-corrected chi connectivity index (χ2v) is 8.00. The smallest absolute Gasteiger partial charge is 0.227 e. The van der Waals surface area contributed by atoms with Crippen molar-refractivity contribution in [2.45, 2.75) is 39.7 Å². The minimum atomic E-state index is -0.320. The molecule has 0 bridgehead atoms. The lowest BCUT2D eigenvalue weighted by Crippen LogP contribution is -2.30. The average Bonchev–Trinajstić information content (AvgIpc) is 3.11. The fourth-order valence-corrected chi connectivity index (χ4v) is 3.60. The molecule has 4 nitrogen and oxygen atoms in total. The fraction of sp³-hybridized carbons (Fsp3) is 0.304. The van der Waals surface area contributed by atoms with E-state index in [1.165, 1.54) is 12.1 Å². The number of nitrogens with zero attached hydrogens (tertiary/aromatic N) is 2. The van der Waals surface area contributed by atoms with Crippen molar-refractivity contribution in [3.8, 4) is 5.75 Å². The zero-order valence-corrected chi connectivity index (χ0v) is 17.5. The first-order chi connectivity index (χ1) is 14.0. The lowest BCUT2D eigenvalue weighted by Gasteiger charge is -2.22. The first-order valence-corrected chi connectivity index (χ1v) is 10.6. The molecule has 2 aromatic carbocycles. The van der Waals surface area contributed by atoms with E-state index in [0.29, 0.717) is 25.3 Å². The zero-order chi connectivity index (χ0) is 20.6. The summed E-state index contributed by atoms with van der Waals surface area (Å²) in [4.78, 5) is 19.0. The van der Waals surface area contributed by atoms with Crippen LogP contribution in [0.3, 0.4) is 0 Å². The Labute approximate surface area is 175 Å². The Bertz CT molecular complexity index is 940. The third-order valence-corrected chi connectivity index (χ3v) is 5.29. The largest absolute Gasteiger partial charge is 0.494 e. The lowest BCUT2D eigenvalue weighted by atomic mass is 10.2. The van der Waals surface area contributed by atoms with E-state index in [9.17, 15) is 9.18 Å². The molecule has 0 fully saturated rings. The number of rotatable bonds is 9. The SMILES string of the molecule is Cc1cccc(OCCCCC(=O)N(Cc2csc(C)n2)c2ccc(F)cc2)c1. The van der Waals surface area contributed by atoms with E-state index in [0.717, 1.165) is 34.9 Å². The summed E-state index contributed by atoms with van der Waals surface area (Å²) in [7, 11) is 0. The molecule has 0 unspecified atom stereocenters. The van der Waals surface area contributed by atoms with Gasteiger partial charge < -0.3 is 9.64 Å². The van der Waals surface area contributed by atoms with Gasteiger partial charge in [-0.05, 0) is 68.7 Å². The number of anilines is 1. The fourth-order valence-electron chi connectivity index (χ4n) is 3.00. The van der Waals surface area contributed by atoms with Crippen LogP contribution in [-0.4, -0.2) is 17.5 Å². The number of halogens is 1. The van der Waals surface area contributed by atoms with Crippen molar-refractivity contribution in [1.29, 1.82) is 0 Å². The van der Waals surface area contributed by atoms with Gasteiger partial charge in [0, 0.05) is 17.5 Å². The normalized spacial score (nSPS) is 10.7. The van der Waals surface area contributed by atoms with Crippen LogP contribution in [0.25, 0.3) is 0 Å². The molecule has 3 aromatic rings. The number of carbonyl (C=O) groups excluding carboxylic acids is 1. The molecule has 3 rings (SSSR count). The predicted molar refractivity (Wildman–Crippen MR) is 115 cm³/mol. The maximum absolute atomic E-state index is 13.3. The number of benzene rings is 2. The highest BCUT2D eigenvalue weighted by molar-refractivity contribution is 7.09. The number of thiazole rings is 1. The van der Waals surface area contributed by atoms with Crippen LogP contribution < -0.4 is 9.64 Å². The highest BCUT2D eigenvalue weighted by atomic mass is 32.1. The first-order valence-electron chi connectivity index (χ1n) is 9.67. The molecule has 0 saturated carbocycles. The van der Waals surface area contributed by atoms with Gasteiger partial charge >= 0.3 is 0 Å². The molecule has 0 atom stereocenters. The number of ether oxygens (including phenoxy) is 1. The summed E-state index contributed by atoms with van der Waals surface area (Å²) < 4.78 is 19.1. The number of hydrogen-bond donors (Lipinski definition) is 0. The number of amides is 1. The van der Waals surface area contributed by atoms with E-state index in [1.54, 1.807) is 28.4 Å². The standard InChI is InChI=1S/C23H25FN2O2S/c1-17-6-5-7-22(14-17)28-13-4-3-8-23(27)26(15-20-16-29-18(2)25-20)21-11-9-19(24)10-12-21/h5-7,9-12,14,16H,3-4,8,13,15H2,1-2H3. The number of aromatic nitrogens is 1. The molecule has 0 aliphatic carbocycles. The van der Waals surface area contributed by atoms with Crippen molar-refractivity contribution in [3.05, 3.63) is 76.0 Å². The van der Waals surface area contributed by atoms with E-state index in [-0.39, 0.29) is 11.7 Å². The monoisotopic (exact) mass is 412 g/mol. The minimum absolute atomic E-state index is 0.00202. The number of aryl methyl sites for hydroxylation is 2. The summed E-state index contributed by atoms with van der Waals surface area (Å²) in [6, 6.07) is 13.9. The summed E-state index contributed by atoms with van der Waals surface area (Å²) in [5.74, 6) is 0.528. The molecule has 0 radical (unpaired) electrons. The molecule has 1 aromatic heterocycles. The second-order valence-electron chi connectivity index (χ2n) is 6.94. The quantitative estimate of drug-likeness (QED) is 0.425. The molecule has 1 amide bonds. The van der Waals surface area contributed by atoms with Crippen molar-refractivity contribution in [1.82, 2.24) is 4.98 Å². The van der Waals surface area contributed by atoms with Gasteiger partial charge in [0.2, 0.25) is 5.91 Å². The van der Waals surface area contributed by atoms with Crippen LogP contribution in [0.2, 0.25) is 0 Å². The summed E-state index contributed by atoms with van der Waals surface area (Å²) >= 11 is 1.55. The number of carbonyl (C=O) groups is 1. The molecule has 6 heteroatoms. The topological polar surface area (TPSA) is 42.4 Å². The molecule has 1 heterocycles. The lowest BCUT2D eigenvalue weighted by molar-refractivity contribution is -0.118. The van der Waals surface area contributed by atoms with Crippen LogP contribution in [0, 0.1) is 19.7 Å². The molecule has 152 valence electrons. The second kappa shape index (κ2) is 10.2. The van der Waals surface area contributed by atoms with Crippen LogP contribution in [0.15, 0.2) is 53.9 Å². The van der Waals surface area contributed by atoms with Crippen molar-refractivity contribution in [3.63, 3.8) is 0 Å². The Morgan fingerprint density at radius 3 is 2.62 bits per heavy atom. The van der Waals surface area contributed by atoms with Gasteiger partial charge in [0.15, 0.2) is 0 Å². The van der Waals surface area contributed by atoms with Crippen molar-refractivity contribution < 1.29 is 13.9 Å². The Hall–Kier alpha value is -2.73. The van der Waals surface area contributed by atoms with Crippen LogP contribution in [0.5, 0.6) is 5.75 Å². The highest BCUT2D eigenvalue weighted by Gasteiger charge is 2.17. The molecular weight excluding hydrogens is 387 g/mol. The predicted octanol–water partition coefficient (Wildman–Crippen LogP) is 5.68. The Morgan fingerprint density at radius 1 is 1.14 bits per heavy atom. The van der Waals surface area contributed by atoms with Gasteiger partial charge in [-0.1, -0.05) is 12.1 Å². The average molecular weight is 413 g/mol. The Kier molecular flexibility index (Phi) is 7.36. The van der Waals surface area contributed by atoms with Gasteiger partial charge in [-0.15, -0.1) is 11.3 Å². The van der Waals surface area contributed by atoms with Gasteiger partial charge in [-0.2, -0.15) is 0 Å². The summed E-state index contributed by atoms with van der Waals surface area (Å²) in [6.07, 6.45) is 1.91. The molecule has 0 saturated heterocycles. The van der Waals surface area contributed by atoms with E-state index >= 15 is 0 Å². The van der Waals surface area contributed by atoms with E-state index < -0.39 is 0 Å². The third kappa shape index (κ3) is 6.39. The minimum Gasteiger partial charge on any atom is -0.494 e. The van der Waals surface area contributed by atoms with Gasteiger partial charge in [0.05, 0.1) is 23.9 Å². The van der Waals surface area contributed by atoms with Crippen LogP contribution in [-0.2, 0) is 11.3 Å². The molecule has 0 spiro atoms. The Balaban J connectivity index is 1.55. The van der Waals surface area contributed by atoms with E-state index in [1.807, 2.05) is 43.5 Å². The number of unbranched alkanes of at least 4 members (excludes halogenated alkanes) is 1. The van der Waals surface area contributed by atoms with Gasteiger partial charge in [-0.3, -0.25) is 4.79 Å². The van der Waals surface area contributed by atoms with Crippen LogP contribution >= 0.6 is 11.3 Å². The van der Waals surface area contributed by atoms with Gasteiger partial charge in [0.1, 0.15) is 11.6 Å². The van der Waals surface area contributed by atoms with Gasteiger partial charge in [0.25, 0.3) is 0 Å². The maximum atomic E-state index is 13.3. The van der Waals surface area contributed by atoms with Crippen LogP contribution in [0.1, 0.15) is 35.5 Å². The van der Waals surface area contributed by atoms with E-state index in [2.05, 4.69) is 4.98 Å².